The first kappa shape index (κ1) is 26.7. The molecule has 0 radical (unpaired) electrons. The van der Waals surface area contributed by atoms with E-state index in [0.717, 1.165) is 36.1 Å². The number of benzene rings is 2. The molecule has 5 aliphatic rings. The number of guanidine groups is 1. The average molecular weight is 551 g/mol. The van der Waals surface area contributed by atoms with Gasteiger partial charge in [-0.3, -0.25) is 14.5 Å². The van der Waals surface area contributed by atoms with Crippen molar-refractivity contribution in [2.75, 3.05) is 0 Å². The number of hydrogen-bond donors (Lipinski definition) is 2. The number of aryl methyl sites for hydroxylation is 1. The van der Waals surface area contributed by atoms with Crippen LogP contribution in [0.2, 0.25) is 0 Å². The summed E-state index contributed by atoms with van der Waals surface area (Å²) >= 11 is 0. The fourth-order valence-electron chi connectivity index (χ4n) is 6.91. The molecule has 3 atom stereocenters. The third-order valence-electron chi connectivity index (χ3n) is 9.03. The van der Waals surface area contributed by atoms with Gasteiger partial charge >= 0.3 is 0 Å². The largest absolute Gasteiger partial charge is 0.487 e. The summed E-state index contributed by atoms with van der Waals surface area (Å²) in [6.45, 7) is 5.96. The number of nitrogens with zero attached hydrogens (tertiary/aromatic N) is 2. The van der Waals surface area contributed by atoms with Crippen molar-refractivity contribution < 1.29 is 23.1 Å². The summed E-state index contributed by atoms with van der Waals surface area (Å²) in [5.74, 6) is -3.11. The molecule has 1 aliphatic carbocycles. The van der Waals surface area contributed by atoms with Crippen LogP contribution in [0.5, 0.6) is 5.75 Å². The molecule has 9 heteroatoms. The molecule has 0 saturated carbocycles. The summed E-state index contributed by atoms with van der Waals surface area (Å²) < 4.78 is 36.7. The number of nitrogens with two attached hydrogens (primary N) is 1. The smallest absolute Gasteiger partial charge is 0.275 e. The fraction of sp³-hybridized carbons (Fsp3) is 0.516. The van der Waals surface area contributed by atoms with Crippen molar-refractivity contribution in [2.24, 2.45) is 10.7 Å². The number of aliphatic imine (C=N–C) groups is 1. The molecule has 6 bridgehead atoms. The van der Waals surface area contributed by atoms with Gasteiger partial charge in [0.1, 0.15) is 11.4 Å². The lowest BCUT2D eigenvalue weighted by molar-refractivity contribution is -0.132. The van der Waals surface area contributed by atoms with Gasteiger partial charge in [0.25, 0.3) is 11.8 Å². The zero-order valence-electron chi connectivity index (χ0n) is 23.2. The van der Waals surface area contributed by atoms with Crippen molar-refractivity contribution in [1.29, 1.82) is 0 Å². The van der Waals surface area contributed by atoms with Crippen LogP contribution < -0.4 is 15.8 Å². The molecule has 0 unspecified atom stereocenters. The third kappa shape index (κ3) is 4.53. The minimum absolute atomic E-state index is 0.0209. The summed E-state index contributed by atoms with van der Waals surface area (Å²) in [5, 5.41) is 3.14. The van der Waals surface area contributed by atoms with E-state index in [9.17, 15) is 9.59 Å². The van der Waals surface area contributed by atoms with Gasteiger partial charge in [0.2, 0.25) is 5.91 Å². The first-order valence-electron chi connectivity index (χ1n) is 14.2. The number of carbonyl (C=O) groups excluding carboxylic acids is 2. The van der Waals surface area contributed by atoms with Crippen LogP contribution in [0.4, 0.5) is 8.78 Å². The zero-order valence-corrected chi connectivity index (χ0v) is 23.2. The lowest BCUT2D eigenvalue weighted by atomic mass is 9.84. The maximum atomic E-state index is 15.2. The van der Waals surface area contributed by atoms with Crippen LogP contribution in [0.1, 0.15) is 110 Å². The van der Waals surface area contributed by atoms with E-state index in [4.69, 9.17) is 15.5 Å². The number of ether oxygens (including phenoxy) is 1. The minimum Gasteiger partial charge on any atom is -0.487 e. The standard InChI is InChI=1S/C31H36F2N4O3/c1-4-30-12-6-5-7-18-8-11-25-21(13-18)23(15-29(2,3)40-25)35-27(39)19-9-10-22-20(14-19)24(16-31(22,32)33)37(26(38)17-30)28(34)36-30/h8-11,13-14,23-24H,4-7,12,15-17H2,1-3H3,(H2,34,36)(H,35,39)/t23-,24+,30+/m0/s1. The first-order chi connectivity index (χ1) is 18.9. The van der Waals surface area contributed by atoms with Crippen LogP contribution in [0.25, 0.3) is 0 Å². The van der Waals surface area contributed by atoms with Crippen molar-refractivity contribution in [3.8, 4) is 5.75 Å². The molecule has 7 nitrogen and oxygen atoms in total. The molecule has 0 spiro atoms. The molecule has 0 saturated heterocycles. The van der Waals surface area contributed by atoms with E-state index in [1.54, 1.807) is 0 Å². The van der Waals surface area contributed by atoms with Crippen molar-refractivity contribution in [1.82, 2.24) is 10.2 Å². The molecule has 2 aromatic carbocycles. The van der Waals surface area contributed by atoms with Crippen LogP contribution in [0, 0.1) is 0 Å². The minimum atomic E-state index is -3.16. The van der Waals surface area contributed by atoms with E-state index >= 15 is 8.78 Å². The third-order valence-corrected chi connectivity index (χ3v) is 9.03. The number of alkyl halides is 2. The zero-order chi connectivity index (χ0) is 28.4. The molecule has 212 valence electrons. The second-order valence-corrected chi connectivity index (χ2v) is 12.4. The number of hydrogen-bond acceptors (Lipinski definition) is 5. The highest BCUT2D eigenvalue weighted by atomic mass is 19.3. The van der Waals surface area contributed by atoms with Gasteiger partial charge in [-0.05, 0) is 68.9 Å². The second kappa shape index (κ2) is 9.28. The molecular weight excluding hydrogens is 514 g/mol. The summed E-state index contributed by atoms with van der Waals surface area (Å²) in [4.78, 5) is 33.1. The number of carbonyl (C=O) groups is 2. The van der Waals surface area contributed by atoms with Crippen LogP contribution in [0.3, 0.4) is 0 Å². The molecule has 4 aliphatic heterocycles. The van der Waals surface area contributed by atoms with Gasteiger partial charge in [0, 0.05) is 29.5 Å². The van der Waals surface area contributed by atoms with Crippen LogP contribution in [0.15, 0.2) is 41.4 Å². The van der Waals surface area contributed by atoms with E-state index in [-0.39, 0.29) is 46.9 Å². The van der Waals surface area contributed by atoms with Crippen LogP contribution >= 0.6 is 0 Å². The lowest BCUT2D eigenvalue weighted by Gasteiger charge is -2.40. The Morgan fingerprint density at radius 3 is 2.65 bits per heavy atom. The molecule has 2 aromatic rings. The Balaban J connectivity index is 1.46. The van der Waals surface area contributed by atoms with Crippen LogP contribution in [-0.4, -0.2) is 33.8 Å². The van der Waals surface area contributed by atoms with E-state index in [0.29, 0.717) is 19.3 Å². The molecule has 0 aromatic heterocycles. The van der Waals surface area contributed by atoms with E-state index in [2.05, 4.69) is 17.4 Å². The molecule has 4 heterocycles. The molecule has 0 fully saturated rings. The Bertz CT molecular complexity index is 1420. The second-order valence-electron chi connectivity index (χ2n) is 12.4. The SMILES string of the molecule is CC[C@@]12CCCCc3ccc4c(c3)[C@H](CC(C)(C)O4)NC(=O)c3ccc4c(c3)[C@@H](CC4(F)F)N(C(=O)C1)C(N)=N2. The Morgan fingerprint density at radius 1 is 1.10 bits per heavy atom. The summed E-state index contributed by atoms with van der Waals surface area (Å²) in [5.41, 5.74) is 7.62. The van der Waals surface area contributed by atoms with Gasteiger partial charge in [0.15, 0.2) is 5.96 Å². The molecule has 3 N–H and O–H groups in total. The summed E-state index contributed by atoms with van der Waals surface area (Å²) in [7, 11) is 0. The number of halogens is 2. The Kier molecular flexibility index (Phi) is 6.20. The number of amides is 2. The highest BCUT2D eigenvalue weighted by Crippen LogP contribution is 2.51. The van der Waals surface area contributed by atoms with Crippen molar-refractivity contribution in [2.45, 2.75) is 101 Å². The molecule has 2 amide bonds. The fourth-order valence-corrected chi connectivity index (χ4v) is 6.91. The maximum absolute atomic E-state index is 15.2. The number of fused-ring (bicyclic) bond motifs is 5. The summed E-state index contributed by atoms with van der Waals surface area (Å²) in [6.07, 6.45) is 3.96. The van der Waals surface area contributed by atoms with E-state index < -0.39 is 29.5 Å². The summed E-state index contributed by atoms with van der Waals surface area (Å²) in [6, 6.07) is 9.07. The van der Waals surface area contributed by atoms with E-state index in [1.807, 2.05) is 26.8 Å². The monoisotopic (exact) mass is 550 g/mol. The van der Waals surface area contributed by atoms with Gasteiger partial charge in [-0.2, -0.15) is 0 Å². The first-order valence-corrected chi connectivity index (χ1v) is 14.2. The van der Waals surface area contributed by atoms with E-state index in [1.165, 1.54) is 23.1 Å². The Labute approximate surface area is 233 Å². The normalized spacial score (nSPS) is 28.7. The number of nitrogens with one attached hydrogen (secondary N) is 1. The Morgan fingerprint density at radius 2 is 1.90 bits per heavy atom. The molecule has 7 rings (SSSR count). The van der Waals surface area contributed by atoms with Gasteiger partial charge in [0.05, 0.1) is 24.0 Å². The van der Waals surface area contributed by atoms with Crippen LogP contribution in [-0.2, 0) is 17.1 Å². The predicted molar refractivity (Wildman–Crippen MR) is 147 cm³/mol. The Hall–Kier alpha value is -3.49. The van der Waals surface area contributed by atoms with Crippen molar-refractivity contribution in [3.63, 3.8) is 0 Å². The highest BCUT2D eigenvalue weighted by molar-refractivity contribution is 6.00. The lowest BCUT2D eigenvalue weighted by Crippen LogP contribution is -2.52. The topological polar surface area (TPSA) is 97.0 Å². The maximum Gasteiger partial charge on any atom is 0.275 e. The molecular formula is C31H36F2N4O3. The molecule has 40 heavy (non-hydrogen) atoms. The van der Waals surface area contributed by atoms with Gasteiger partial charge in [-0.15, -0.1) is 0 Å². The average Bonchev–Trinajstić information content (AvgIpc) is 3.15. The predicted octanol–water partition coefficient (Wildman–Crippen LogP) is 5.68. The highest BCUT2D eigenvalue weighted by Gasteiger charge is 2.51. The quantitative estimate of drug-likeness (QED) is 0.478. The van der Waals surface area contributed by atoms with Gasteiger partial charge in [-0.1, -0.05) is 31.5 Å². The van der Waals surface area contributed by atoms with Gasteiger partial charge in [-0.25, -0.2) is 13.8 Å². The van der Waals surface area contributed by atoms with Gasteiger partial charge < -0.3 is 15.8 Å². The van der Waals surface area contributed by atoms with Crippen molar-refractivity contribution >= 4 is 17.8 Å². The van der Waals surface area contributed by atoms with Crippen molar-refractivity contribution in [3.05, 3.63) is 64.2 Å². The number of rotatable bonds is 1.